The second kappa shape index (κ2) is 9.18. The fourth-order valence-electron chi connectivity index (χ4n) is 3.28. The minimum absolute atomic E-state index is 0.0418. The third-order valence-corrected chi connectivity index (χ3v) is 8.42. The van der Waals surface area contributed by atoms with Crippen molar-refractivity contribution in [1.82, 2.24) is 19.5 Å². The van der Waals surface area contributed by atoms with Crippen LogP contribution in [-0.2, 0) is 14.8 Å². The third kappa shape index (κ3) is 4.87. The van der Waals surface area contributed by atoms with Gasteiger partial charge in [-0.1, -0.05) is 17.4 Å². The number of non-ortho nitro benzene ring substituents is 1. The summed E-state index contributed by atoms with van der Waals surface area (Å²) in [5, 5.41) is 13.4. The number of nitro benzene ring substituents is 1. The molecule has 2 amide bonds. The molecule has 172 valence electrons. The average molecular weight is 484 g/mol. The van der Waals surface area contributed by atoms with Crippen LogP contribution in [0, 0.1) is 17.0 Å². The van der Waals surface area contributed by atoms with Gasteiger partial charge in [0, 0.05) is 49.6 Å². The number of benzene rings is 1. The standard InChI is InChI=1S/C18H21N5O7S2/c1-11(19-15(24)13-4-3-5-14(10-13)23(27)28)16(25)21-6-8-22(9-7-21)32(29,30)17-12(2)20-18(26)31-17/h3-5,10-11H,6-9H2,1-2H3,(H,19,24)(H,20,26). The van der Waals surface area contributed by atoms with Gasteiger partial charge >= 0.3 is 4.87 Å². The number of nitrogens with zero attached hydrogens (tertiary/aromatic N) is 3. The summed E-state index contributed by atoms with van der Waals surface area (Å²) < 4.78 is 26.7. The molecule has 0 spiro atoms. The Balaban J connectivity index is 1.60. The second-order valence-electron chi connectivity index (χ2n) is 7.16. The fourth-order valence-corrected chi connectivity index (χ4v) is 6.14. The molecular weight excluding hydrogens is 462 g/mol. The molecule has 1 aliphatic rings. The van der Waals surface area contributed by atoms with Crippen LogP contribution in [0.2, 0.25) is 0 Å². The summed E-state index contributed by atoms with van der Waals surface area (Å²) in [6, 6.07) is 4.24. The smallest absolute Gasteiger partial charge is 0.305 e. The summed E-state index contributed by atoms with van der Waals surface area (Å²) >= 11 is 0.624. The number of rotatable bonds is 6. The molecule has 0 bridgehead atoms. The predicted octanol–water partition coefficient (Wildman–Crippen LogP) is 0.304. The van der Waals surface area contributed by atoms with Crippen molar-refractivity contribution in [3.63, 3.8) is 0 Å². The van der Waals surface area contributed by atoms with Crippen molar-refractivity contribution in [1.29, 1.82) is 0 Å². The average Bonchev–Trinajstić information content (AvgIpc) is 3.12. The Bertz CT molecular complexity index is 1210. The maximum atomic E-state index is 12.8. The number of nitrogens with one attached hydrogen (secondary N) is 2. The van der Waals surface area contributed by atoms with Crippen molar-refractivity contribution in [2.75, 3.05) is 26.2 Å². The number of nitro groups is 1. The van der Waals surface area contributed by atoms with Crippen molar-refractivity contribution in [2.24, 2.45) is 0 Å². The molecule has 1 aromatic heterocycles. The molecule has 1 atom stereocenters. The van der Waals surface area contributed by atoms with Crippen LogP contribution in [-0.4, -0.2) is 71.6 Å². The lowest BCUT2D eigenvalue weighted by molar-refractivity contribution is -0.384. The molecule has 0 aliphatic carbocycles. The Labute approximate surface area is 187 Å². The minimum atomic E-state index is -3.85. The number of aryl methyl sites for hydroxylation is 1. The number of piperazine rings is 1. The highest BCUT2D eigenvalue weighted by atomic mass is 32.2. The molecule has 12 nitrogen and oxygen atoms in total. The van der Waals surface area contributed by atoms with Gasteiger partial charge in [-0.15, -0.1) is 0 Å². The predicted molar refractivity (Wildman–Crippen MR) is 115 cm³/mol. The number of H-pyrrole nitrogens is 1. The van der Waals surface area contributed by atoms with Gasteiger partial charge in [-0.05, 0) is 19.9 Å². The molecule has 1 unspecified atom stereocenters. The molecule has 2 heterocycles. The van der Waals surface area contributed by atoms with Gasteiger partial charge in [-0.25, -0.2) is 8.42 Å². The van der Waals surface area contributed by atoms with Crippen molar-refractivity contribution < 1.29 is 22.9 Å². The summed E-state index contributed by atoms with van der Waals surface area (Å²) in [5.74, 6) is -1.03. The first-order valence-electron chi connectivity index (χ1n) is 9.54. The van der Waals surface area contributed by atoms with E-state index in [0.717, 1.165) is 6.07 Å². The third-order valence-electron chi connectivity index (χ3n) is 4.94. The van der Waals surface area contributed by atoms with Crippen molar-refractivity contribution >= 4 is 38.9 Å². The van der Waals surface area contributed by atoms with Crippen LogP contribution in [0.4, 0.5) is 5.69 Å². The number of hydrogen-bond donors (Lipinski definition) is 2. The van der Waals surface area contributed by atoms with Gasteiger partial charge < -0.3 is 15.2 Å². The lowest BCUT2D eigenvalue weighted by atomic mass is 10.1. The SMILES string of the molecule is Cc1[nH]c(=O)sc1S(=O)(=O)N1CCN(C(=O)C(C)NC(=O)c2cccc([N+](=O)[O-])c2)CC1. The molecule has 1 fully saturated rings. The van der Waals surface area contributed by atoms with Gasteiger partial charge in [0.2, 0.25) is 5.91 Å². The topological polar surface area (TPSA) is 163 Å². The number of aromatic amines is 1. The van der Waals surface area contributed by atoms with Gasteiger partial charge in [0.05, 0.1) is 4.92 Å². The van der Waals surface area contributed by atoms with Gasteiger partial charge in [0.1, 0.15) is 6.04 Å². The first-order chi connectivity index (χ1) is 15.0. The van der Waals surface area contributed by atoms with Gasteiger partial charge in [-0.3, -0.25) is 24.5 Å². The first kappa shape index (κ1) is 23.6. The Kier molecular flexibility index (Phi) is 6.76. The summed E-state index contributed by atoms with van der Waals surface area (Å²) in [7, 11) is -3.85. The number of aromatic nitrogens is 1. The number of carbonyl (C=O) groups is 2. The lowest BCUT2D eigenvalue weighted by Crippen LogP contribution is -2.55. The van der Waals surface area contributed by atoms with Crippen molar-refractivity contribution in [3.05, 3.63) is 55.3 Å². The van der Waals surface area contributed by atoms with Crippen LogP contribution in [0.5, 0.6) is 0 Å². The maximum Gasteiger partial charge on any atom is 0.305 e. The van der Waals surface area contributed by atoms with Gasteiger partial charge in [0.25, 0.3) is 21.6 Å². The zero-order valence-corrected chi connectivity index (χ0v) is 18.9. The van der Waals surface area contributed by atoms with Crippen LogP contribution in [0.15, 0.2) is 33.3 Å². The quantitative estimate of drug-likeness (QED) is 0.441. The monoisotopic (exact) mass is 483 g/mol. The molecule has 3 rings (SSSR count). The molecular formula is C18H21N5O7S2. The van der Waals surface area contributed by atoms with E-state index in [9.17, 15) is 32.9 Å². The van der Waals surface area contributed by atoms with E-state index in [1.807, 2.05) is 0 Å². The molecule has 1 saturated heterocycles. The molecule has 2 aromatic rings. The van der Waals surface area contributed by atoms with E-state index in [2.05, 4.69) is 10.3 Å². The second-order valence-corrected chi connectivity index (χ2v) is 10.3. The molecule has 0 saturated carbocycles. The van der Waals surface area contributed by atoms with Crippen LogP contribution in [0.1, 0.15) is 23.0 Å². The highest BCUT2D eigenvalue weighted by Gasteiger charge is 2.34. The molecule has 32 heavy (non-hydrogen) atoms. The van der Waals surface area contributed by atoms with E-state index in [-0.39, 0.29) is 47.3 Å². The van der Waals surface area contributed by atoms with Crippen molar-refractivity contribution in [2.45, 2.75) is 24.1 Å². The van der Waals surface area contributed by atoms with Crippen molar-refractivity contribution in [3.8, 4) is 0 Å². The number of amides is 2. The van der Waals surface area contributed by atoms with E-state index in [4.69, 9.17) is 0 Å². The summed E-state index contributed by atoms with van der Waals surface area (Å²) in [6.45, 7) is 3.33. The fraction of sp³-hybridized carbons (Fsp3) is 0.389. The highest BCUT2D eigenvalue weighted by Crippen LogP contribution is 2.22. The van der Waals surface area contributed by atoms with E-state index in [1.165, 1.54) is 41.3 Å². The Morgan fingerprint density at radius 3 is 2.47 bits per heavy atom. The Morgan fingerprint density at radius 1 is 1.25 bits per heavy atom. The normalized spacial score (nSPS) is 15.9. The summed E-state index contributed by atoms with van der Waals surface area (Å²) in [4.78, 5) is 50.2. The van der Waals surface area contributed by atoms with Crippen LogP contribution in [0.25, 0.3) is 0 Å². The number of sulfonamides is 1. The highest BCUT2D eigenvalue weighted by molar-refractivity contribution is 7.91. The first-order valence-corrected chi connectivity index (χ1v) is 11.8. The molecule has 1 aromatic carbocycles. The van der Waals surface area contributed by atoms with Gasteiger partial charge in [-0.2, -0.15) is 4.31 Å². The van der Waals surface area contributed by atoms with E-state index in [1.54, 1.807) is 0 Å². The van der Waals surface area contributed by atoms with Crippen LogP contribution >= 0.6 is 11.3 Å². The molecule has 0 radical (unpaired) electrons. The molecule has 14 heteroatoms. The van der Waals surface area contributed by atoms with E-state index in [0.29, 0.717) is 11.3 Å². The van der Waals surface area contributed by atoms with Crippen LogP contribution < -0.4 is 10.2 Å². The number of carbonyl (C=O) groups excluding carboxylic acids is 2. The number of hydrogen-bond acceptors (Lipinski definition) is 8. The molecule has 1 aliphatic heterocycles. The zero-order chi connectivity index (χ0) is 23.6. The van der Waals surface area contributed by atoms with Gasteiger partial charge in [0.15, 0.2) is 4.21 Å². The Hall–Kier alpha value is -3.10. The zero-order valence-electron chi connectivity index (χ0n) is 17.2. The minimum Gasteiger partial charge on any atom is -0.341 e. The van der Waals surface area contributed by atoms with Crippen LogP contribution in [0.3, 0.4) is 0 Å². The lowest BCUT2D eigenvalue weighted by Gasteiger charge is -2.35. The van der Waals surface area contributed by atoms with E-state index < -0.39 is 37.7 Å². The largest absolute Gasteiger partial charge is 0.341 e. The number of thiazole rings is 1. The Morgan fingerprint density at radius 2 is 1.91 bits per heavy atom. The summed E-state index contributed by atoms with van der Waals surface area (Å²) in [6.07, 6.45) is 0. The van der Waals surface area contributed by atoms with E-state index >= 15 is 0 Å². The maximum absolute atomic E-state index is 12.8. The molecule has 2 N–H and O–H groups in total. The summed E-state index contributed by atoms with van der Waals surface area (Å²) in [5.41, 5.74) is 0.0863.